The molecule has 1 unspecified atom stereocenters. The number of hydrogen-bond donors (Lipinski definition) is 2. The second kappa shape index (κ2) is 5.03. The van der Waals surface area contributed by atoms with Crippen molar-refractivity contribution in [2.45, 2.75) is 12.5 Å². The van der Waals surface area contributed by atoms with Crippen molar-refractivity contribution in [2.75, 3.05) is 0 Å². The van der Waals surface area contributed by atoms with Crippen LogP contribution in [0.25, 0.3) is 11.3 Å². The van der Waals surface area contributed by atoms with E-state index in [2.05, 4.69) is 9.97 Å². The maximum atomic E-state index is 11.1. The van der Waals surface area contributed by atoms with E-state index in [9.17, 15) is 9.90 Å². The lowest BCUT2D eigenvalue weighted by atomic mass is 9.94. The Morgan fingerprint density at radius 3 is 2.57 bits per heavy atom. The number of hydrogen-bond acceptors (Lipinski definition) is 4. The first-order chi connectivity index (χ1) is 10.1. The molecule has 0 aromatic carbocycles. The van der Waals surface area contributed by atoms with Gasteiger partial charge in [-0.2, -0.15) is 0 Å². The molecule has 0 amide bonds. The standard InChI is InChI=1S/C16H14N2O3/c1-16(20,12-6-8-17-9-7-12)14-4-3-13(21-14)11-2-5-15(19)18-10-11/h2-10,20H,1H3,(H,18,19). The van der Waals surface area contributed by atoms with Crippen molar-refractivity contribution >= 4 is 0 Å². The Morgan fingerprint density at radius 1 is 1.14 bits per heavy atom. The number of nitrogens with zero attached hydrogens (tertiary/aromatic N) is 1. The number of aromatic amines is 1. The summed E-state index contributed by atoms with van der Waals surface area (Å²) in [6.45, 7) is 1.66. The highest BCUT2D eigenvalue weighted by atomic mass is 16.4. The molecule has 3 rings (SSSR count). The summed E-state index contributed by atoms with van der Waals surface area (Å²) in [7, 11) is 0. The van der Waals surface area contributed by atoms with Gasteiger partial charge in [0, 0.05) is 30.2 Å². The molecule has 0 aliphatic rings. The third-order valence-electron chi connectivity index (χ3n) is 3.40. The van der Waals surface area contributed by atoms with Crippen LogP contribution in [0.3, 0.4) is 0 Å². The zero-order chi connectivity index (χ0) is 14.9. The van der Waals surface area contributed by atoms with Crippen LogP contribution >= 0.6 is 0 Å². The van der Waals surface area contributed by atoms with E-state index in [1.54, 1.807) is 55.8 Å². The van der Waals surface area contributed by atoms with Crippen LogP contribution in [-0.4, -0.2) is 15.1 Å². The minimum Gasteiger partial charge on any atom is -0.458 e. The molecule has 0 bridgehead atoms. The molecule has 3 aromatic rings. The van der Waals surface area contributed by atoms with Crippen LogP contribution < -0.4 is 5.56 Å². The molecule has 2 N–H and O–H groups in total. The smallest absolute Gasteiger partial charge is 0.247 e. The number of aromatic nitrogens is 2. The fourth-order valence-electron chi connectivity index (χ4n) is 2.14. The Hall–Kier alpha value is -2.66. The third kappa shape index (κ3) is 2.51. The summed E-state index contributed by atoms with van der Waals surface area (Å²) in [6.07, 6.45) is 4.82. The monoisotopic (exact) mass is 282 g/mol. The molecule has 5 heteroatoms. The van der Waals surface area contributed by atoms with E-state index in [1.807, 2.05) is 0 Å². The minimum absolute atomic E-state index is 0.172. The van der Waals surface area contributed by atoms with Crippen LogP contribution in [0.1, 0.15) is 18.2 Å². The maximum Gasteiger partial charge on any atom is 0.247 e. The van der Waals surface area contributed by atoms with Crippen molar-refractivity contribution in [1.82, 2.24) is 9.97 Å². The van der Waals surface area contributed by atoms with E-state index in [-0.39, 0.29) is 5.56 Å². The zero-order valence-corrected chi connectivity index (χ0v) is 11.4. The summed E-state index contributed by atoms with van der Waals surface area (Å²) in [5.41, 5.74) is 0.0178. The number of furan rings is 1. The summed E-state index contributed by atoms with van der Waals surface area (Å²) in [4.78, 5) is 17.6. The molecule has 0 spiro atoms. The fraction of sp³-hybridized carbons (Fsp3) is 0.125. The van der Waals surface area contributed by atoms with Gasteiger partial charge in [0.1, 0.15) is 17.1 Å². The van der Waals surface area contributed by atoms with Gasteiger partial charge in [-0.25, -0.2) is 0 Å². The predicted molar refractivity (Wildman–Crippen MR) is 77.7 cm³/mol. The molecule has 3 aromatic heterocycles. The van der Waals surface area contributed by atoms with E-state index in [0.29, 0.717) is 17.1 Å². The van der Waals surface area contributed by atoms with Gasteiger partial charge in [0.05, 0.1) is 0 Å². The average Bonchev–Trinajstić information content (AvgIpc) is 2.99. The second-order valence-corrected chi connectivity index (χ2v) is 4.91. The summed E-state index contributed by atoms with van der Waals surface area (Å²) in [5, 5.41) is 10.7. The number of pyridine rings is 2. The van der Waals surface area contributed by atoms with Crippen LogP contribution in [0.15, 0.2) is 64.2 Å². The Labute approximate surface area is 120 Å². The van der Waals surface area contributed by atoms with E-state index < -0.39 is 5.60 Å². The van der Waals surface area contributed by atoms with Crippen molar-refractivity contribution in [2.24, 2.45) is 0 Å². The van der Waals surface area contributed by atoms with Gasteiger partial charge in [-0.05, 0) is 42.8 Å². The number of nitrogens with one attached hydrogen (secondary N) is 1. The van der Waals surface area contributed by atoms with Gasteiger partial charge >= 0.3 is 0 Å². The molecular formula is C16H14N2O3. The molecule has 3 heterocycles. The zero-order valence-electron chi connectivity index (χ0n) is 11.4. The molecular weight excluding hydrogens is 268 g/mol. The van der Waals surface area contributed by atoms with Gasteiger partial charge in [-0.1, -0.05) is 0 Å². The Kier molecular flexibility index (Phi) is 3.19. The summed E-state index contributed by atoms with van der Waals surface area (Å²) >= 11 is 0. The lowest BCUT2D eigenvalue weighted by Crippen LogP contribution is -2.21. The fourth-order valence-corrected chi connectivity index (χ4v) is 2.14. The molecule has 0 saturated heterocycles. The quantitative estimate of drug-likeness (QED) is 0.772. The van der Waals surface area contributed by atoms with Crippen molar-refractivity contribution in [3.63, 3.8) is 0 Å². The lowest BCUT2D eigenvalue weighted by Gasteiger charge is -2.20. The highest BCUT2D eigenvalue weighted by molar-refractivity contribution is 5.56. The van der Waals surface area contributed by atoms with Gasteiger partial charge in [0.15, 0.2) is 0 Å². The SMILES string of the molecule is CC(O)(c1ccncc1)c1ccc(-c2ccc(=O)[nH]c2)o1. The number of rotatable bonds is 3. The second-order valence-electron chi connectivity index (χ2n) is 4.91. The molecule has 21 heavy (non-hydrogen) atoms. The molecule has 106 valence electrons. The molecule has 0 saturated carbocycles. The first-order valence-electron chi connectivity index (χ1n) is 6.50. The number of H-pyrrole nitrogens is 1. The van der Waals surface area contributed by atoms with Crippen LogP contribution in [0.4, 0.5) is 0 Å². The van der Waals surface area contributed by atoms with Crippen molar-refractivity contribution in [3.05, 3.63) is 76.7 Å². The topological polar surface area (TPSA) is 79.1 Å². The first kappa shape index (κ1) is 13.3. The predicted octanol–water partition coefficient (Wildman–Crippen LogP) is 2.29. The maximum absolute atomic E-state index is 11.1. The minimum atomic E-state index is -1.25. The Bertz CT molecular complexity index is 783. The summed E-state index contributed by atoms with van der Waals surface area (Å²) < 4.78 is 5.74. The average molecular weight is 282 g/mol. The van der Waals surface area contributed by atoms with Crippen LogP contribution in [-0.2, 0) is 5.60 Å². The Morgan fingerprint density at radius 2 is 1.90 bits per heavy atom. The lowest BCUT2D eigenvalue weighted by molar-refractivity contribution is 0.0774. The van der Waals surface area contributed by atoms with Gasteiger partial charge in [0.2, 0.25) is 5.56 Å². The van der Waals surface area contributed by atoms with Crippen molar-refractivity contribution in [3.8, 4) is 11.3 Å². The summed E-state index contributed by atoms with van der Waals surface area (Å²) in [6, 6.07) is 10.1. The Balaban J connectivity index is 1.98. The van der Waals surface area contributed by atoms with E-state index in [1.165, 1.54) is 6.07 Å². The summed E-state index contributed by atoms with van der Waals surface area (Å²) in [5.74, 6) is 1.01. The van der Waals surface area contributed by atoms with Crippen LogP contribution in [0.2, 0.25) is 0 Å². The molecule has 0 aliphatic heterocycles. The van der Waals surface area contributed by atoms with Gasteiger partial charge in [-0.15, -0.1) is 0 Å². The molecule has 1 atom stereocenters. The van der Waals surface area contributed by atoms with E-state index >= 15 is 0 Å². The van der Waals surface area contributed by atoms with Gasteiger partial charge < -0.3 is 14.5 Å². The normalized spacial score (nSPS) is 13.8. The van der Waals surface area contributed by atoms with Gasteiger partial charge in [0.25, 0.3) is 0 Å². The highest BCUT2D eigenvalue weighted by Gasteiger charge is 2.29. The van der Waals surface area contributed by atoms with Gasteiger partial charge in [-0.3, -0.25) is 9.78 Å². The largest absolute Gasteiger partial charge is 0.458 e. The molecule has 0 aliphatic carbocycles. The van der Waals surface area contributed by atoms with Crippen LogP contribution in [0.5, 0.6) is 0 Å². The van der Waals surface area contributed by atoms with Crippen LogP contribution in [0, 0.1) is 0 Å². The first-order valence-corrected chi connectivity index (χ1v) is 6.50. The van der Waals surface area contributed by atoms with E-state index in [4.69, 9.17) is 4.42 Å². The third-order valence-corrected chi connectivity index (χ3v) is 3.40. The van der Waals surface area contributed by atoms with Crippen molar-refractivity contribution in [1.29, 1.82) is 0 Å². The molecule has 0 fully saturated rings. The number of aliphatic hydroxyl groups is 1. The molecule has 5 nitrogen and oxygen atoms in total. The molecule has 0 radical (unpaired) electrons. The van der Waals surface area contributed by atoms with E-state index in [0.717, 1.165) is 5.56 Å². The highest BCUT2D eigenvalue weighted by Crippen LogP contribution is 2.32. The van der Waals surface area contributed by atoms with Crippen molar-refractivity contribution < 1.29 is 9.52 Å².